The quantitative estimate of drug-likeness (QED) is 0.549. The molecule has 0 amide bonds. The first-order valence-electron chi connectivity index (χ1n) is 6.86. The van der Waals surface area contributed by atoms with E-state index in [0.29, 0.717) is 4.47 Å². The summed E-state index contributed by atoms with van der Waals surface area (Å²) in [5.74, 6) is -0.223. The Bertz CT molecular complexity index is 637. The van der Waals surface area contributed by atoms with E-state index in [1.54, 1.807) is 0 Å². The SMILES string of the molecule is Fc1ccc(C(Br)c2ccc3c(c2)CCCC3)cc1Br. The van der Waals surface area contributed by atoms with Crippen molar-refractivity contribution in [2.45, 2.75) is 30.5 Å². The van der Waals surface area contributed by atoms with Crippen molar-refractivity contribution in [1.29, 1.82) is 0 Å². The average Bonchev–Trinajstić information content (AvgIpc) is 2.49. The van der Waals surface area contributed by atoms with Gasteiger partial charge in [0.15, 0.2) is 0 Å². The molecular formula is C17H15Br2F. The maximum Gasteiger partial charge on any atom is 0.137 e. The van der Waals surface area contributed by atoms with Crippen LogP contribution < -0.4 is 0 Å². The highest BCUT2D eigenvalue weighted by Crippen LogP contribution is 2.35. The molecule has 1 unspecified atom stereocenters. The molecule has 0 spiro atoms. The summed E-state index contributed by atoms with van der Waals surface area (Å²) >= 11 is 6.99. The number of rotatable bonds is 2. The number of fused-ring (bicyclic) bond motifs is 1. The van der Waals surface area contributed by atoms with E-state index in [1.807, 2.05) is 12.1 Å². The first-order chi connectivity index (χ1) is 9.65. The lowest BCUT2D eigenvalue weighted by molar-refractivity contribution is 0.620. The van der Waals surface area contributed by atoms with Gasteiger partial charge >= 0.3 is 0 Å². The summed E-state index contributed by atoms with van der Waals surface area (Å²) in [6.07, 6.45) is 4.96. The summed E-state index contributed by atoms with van der Waals surface area (Å²) in [4.78, 5) is 0.103. The van der Waals surface area contributed by atoms with Gasteiger partial charge in [0.2, 0.25) is 0 Å². The average molecular weight is 398 g/mol. The van der Waals surface area contributed by atoms with Crippen LogP contribution in [0, 0.1) is 5.82 Å². The van der Waals surface area contributed by atoms with E-state index >= 15 is 0 Å². The van der Waals surface area contributed by atoms with Gasteiger partial charge in [-0.15, -0.1) is 0 Å². The molecule has 0 aromatic heterocycles. The fourth-order valence-corrected chi connectivity index (χ4v) is 3.74. The molecule has 0 fully saturated rings. The standard InChI is InChI=1S/C17H15Br2F/c18-15-10-14(7-8-16(15)20)17(19)13-6-5-11-3-1-2-4-12(11)9-13/h5-10,17H,1-4H2. The van der Waals surface area contributed by atoms with Gasteiger partial charge < -0.3 is 0 Å². The van der Waals surface area contributed by atoms with Crippen molar-refractivity contribution in [2.75, 3.05) is 0 Å². The predicted octanol–water partition coefficient (Wildman–Crippen LogP) is 5.95. The van der Waals surface area contributed by atoms with Crippen LogP contribution in [-0.4, -0.2) is 0 Å². The van der Waals surface area contributed by atoms with Gasteiger partial charge in [0.25, 0.3) is 0 Å². The minimum Gasteiger partial charge on any atom is -0.206 e. The molecule has 1 atom stereocenters. The summed E-state index contributed by atoms with van der Waals surface area (Å²) in [6.45, 7) is 0. The maximum absolute atomic E-state index is 13.3. The molecule has 20 heavy (non-hydrogen) atoms. The molecule has 0 N–H and O–H groups in total. The fourth-order valence-electron chi connectivity index (χ4n) is 2.77. The number of aryl methyl sites for hydroxylation is 2. The highest BCUT2D eigenvalue weighted by molar-refractivity contribution is 9.10. The van der Waals surface area contributed by atoms with Crippen molar-refractivity contribution in [3.63, 3.8) is 0 Å². The molecule has 1 aliphatic rings. The van der Waals surface area contributed by atoms with Crippen molar-refractivity contribution < 1.29 is 4.39 Å². The Morgan fingerprint density at radius 1 is 0.900 bits per heavy atom. The van der Waals surface area contributed by atoms with Crippen LogP contribution >= 0.6 is 31.9 Å². The maximum atomic E-state index is 13.3. The smallest absolute Gasteiger partial charge is 0.137 e. The summed E-state index contributed by atoms with van der Waals surface area (Å²) in [6, 6.07) is 11.9. The predicted molar refractivity (Wildman–Crippen MR) is 88.0 cm³/mol. The van der Waals surface area contributed by atoms with E-state index < -0.39 is 0 Å². The third-order valence-electron chi connectivity index (χ3n) is 3.90. The van der Waals surface area contributed by atoms with Crippen LogP contribution in [0.5, 0.6) is 0 Å². The van der Waals surface area contributed by atoms with Crippen LogP contribution in [0.4, 0.5) is 4.39 Å². The number of hydrogen-bond donors (Lipinski definition) is 0. The third-order valence-corrected chi connectivity index (χ3v) is 5.57. The van der Waals surface area contributed by atoms with E-state index in [2.05, 4.69) is 50.1 Å². The Morgan fingerprint density at radius 3 is 2.30 bits per heavy atom. The van der Waals surface area contributed by atoms with E-state index in [-0.39, 0.29) is 10.6 Å². The lowest BCUT2D eigenvalue weighted by Crippen LogP contribution is -2.04. The highest BCUT2D eigenvalue weighted by Gasteiger charge is 2.15. The van der Waals surface area contributed by atoms with Gasteiger partial charge in [-0.3, -0.25) is 0 Å². The number of benzene rings is 2. The van der Waals surface area contributed by atoms with Gasteiger partial charge in [0.05, 0.1) is 9.30 Å². The second-order valence-electron chi connectivity index (χ2n) is 5.27. The minimum atomic E-state index is -0.223. The first kappa shape index (κ1) is 14.3. The first-order valence-corrected chi connectivity index (χ1v) is 8.57. The third kappa shape index (κ3) is 2.84. The second-order valence-corrected chi connectivity index (χ2v) is 7.04. The zero-order valence-corrected chi connectivity index (χ0v) is 14.2. The fraction of sp³-hybridized carbons (Fsp3) is 0.294. The summed E-state index contributed by atoms with van der Waals surface area (Å²) in [5.41, 5.74) is 5.26. The number of hydrogen-bond acceptors (Lipinski definition) is 0. The minimum absolute atomic E-state index is 0.103. The number of alkyl halides is 1. The van der Waals surface area contributed by atoms with Gasteiger partial charge in [0.1, 0.15) is 5.82 Å². The molecule has 1 aliphatic carbocycles. The van der Waals surface area contributed by atoms with Gasteiger partial charge in [0, 0.05) is 0 Å². The van der Waals surface area contributed by atoms with Crippen molar-refractivity contribution in [3.05, 3.63) is 68.9 Å². The molecule has 0 heterocycles. The van der Waals surface area contributed by atoms with Crippen molar-refractivity contribution >= 4 is 31.9 Å². The molecule has 0 nitrogen and oxygen atoms in total. The molecule has 3 rings (SSSR count). The van der Waals surface area contributed by atoms with Crippen LogP contribution in [0.3, 0.4) is 0 Å². The zero-order valence-electron chi connectivity index (χ0n) is 11.0. The lowest BCUT2D eigenvalue weighted by Gasteiger charge is -2.19. The van der Waals surface area contributed by atoms with E-state index in [9.17, 15) is 4.39 Å². The second kappa shape index (κ2) is 5.98. The molecule has 0 radical (unpaired) electrons. The van der Waals surface area contributed by atoms with Crippen LogP contribution in [0.1, 0.15) is 39.9 Å². The molecular weight excluding hydrogens is 383 g/mol. The Labute approximate surface area is 135 Å². The Morgan fingerprint density at radius 2 is 1.55 bits per heavy atom. The van der Waals surface area contributed by atoms with E-state index in [0.717, 1.165) is 5.56 Å². The van der Waals surface area contributed by atoms with Crippen LogP contribution in [0.15, 0.2) is 40.9 Å². The van der Waals surface area contributed by atoms with Gasteiger partial charge in [-0.1, -0.05) is 40.2 Å². The molecule has 0 aliphatic heterocycles. The summed E-state index contributed by atoms with van der Waals surface area (Å²) < 4.78 is 13.8. The van der Waals surface area contributed by atoms with Gasteiger partial charge in [-0.2, -0.15) is 0 Å². The Hall–Kier alpha value is -0.670. The molecule has 2 aromatic carbocycles. The molecule has 3 heteroatoms. The monoisotopic (exact) mass is 396 g/mol. The lowest BCUT2D eigenvalue weighted by atomic mass is 9.89. The zero-order chi connectivity index (χ0) is 14.1. The largest absolute Gasteiger partial charge is 0.206 e. The normalized spacial score (nSPS) is 15.8. The Kier molecular flexibility index (Phi) is 4.27. The van der Waals surface area contributed by atoms with Crippen molar-refractivity contribution in [1.82, 2.24) is 0 Å². The summed E-state index contributed by atoms with van der Waals surface area (Å²) in [5, 5.41) is 0. The Balaban J connectivity index is 1.93. The topological polar surface area (TPSA) is 0 Å². The molecule has 2 aromatic rings. The van der Waals surface area contributed by atoms with Crippen molar-refractivity contribution in [2.24, 2.45) is 0 Å². The molecule has 0 saturated heterocycles. The van der Waals surface area contributed by atoms with E-state index in [1.165, 1.54) is 48.4 Å². The van der Waals surface area contributed by atoms with Gasteiger partial charge in [-0.25, -0.2) is 4.39 Å². The van der Waals surface area contributed by atoms with Crippen LogP contribution in [0.25, 0.3) is 0 Å². The number of halogens is 3. The van der Waals surface area contributed by atoms with Gasteiger partial charge in [-0.05, 0) is 76.0 Å². The highest BCUT2D eigenvalue weighted by atomic mass is 79.9. The molecule has 0 bridgehead atoms. The van der Waals surface area contributed by atoms with Crippen LogP contribution in [0.2, 0.25) is 0 Å². The summed E-state index contributed by atoms with van der Waals surface area (Å²) in [7, 11) is 0. The van der Waals surface area contributed by atoms with Crippen molar-refractivity contribution in [3.8, 4) is 0 Å². The van der Waals surface area contributed by atoms with E-state index in [4.69, 9.17) is 0 Å². The molecule has 104 valence electrons. The van der Waals surface area contributed by atoms with Crippen LogP contribution in [-0.2, 0) is 12.8 Å². The molecule has 0 saturated carbocycles.